The van der Waals surface area contributed by atoms with Crippen molar-refractivity contribution in [2.75, 3.05) is 5.32 Å². The van der Waals surface area contributed by atoms with Crippen molar-refractivity contribution in [2.45, 2.75) is 44.1 Å². The number of nitrogens with one attached hydrogen (secondary N) is 1. The van der Waals surface area contributed by atoms with Gasteiger partial charge in [-0.2, -0.15) is 0 Å². The van der Waals surface area contributed by atoms with Crippen molar-refractivity contribution in [3.8, 4) is 5.75 Å². The van der Waals surface area contributed by atoms with Gasteiger partial charge in [-0.3, -0.25) is 0 Å². The predicted octanol–water partition coefficient (Wildman–Crippen LogP) is 3.23. The van der Waals surface area contributed by atoms with Crippen LogP contribution in [-0.2, 0) is 0 Å². The van der Waals surface area contributed by atoms with Crippen molar-refractivity contribution in [3.63, 3.8) is 0 Å². The highest BCUT2D eigenvalue weighted by Crippen LogP contribution is 2.43. The number of phenols is 1. The van der Waals surface area contributed by atoms with Gasteiger partial charge in [-0.1, -0.05) is 19.3 Å². The molecule has 0 spiro atoms. The molecule has 0 saturated heterocycles. The SMILES string of the molecule is Oc1ccc2c(c1)C1CCCCCC1N2. The number of phenolic OH excluding ortho intramolecular Hbond substituents is 1. The lowest BCUT2D eigenvalue weighted by molar-refractivity contribution is 0.473. The van der Waals surface area contributed by atoms with Gasteiger partial charge in [0.25, 0.3) is 0 Å². The Balaban J connectivity index is 1.98. The molecule has 2 aliphatic rings. The average Bonchev–Trinajstić information content (AvgIpc) is 2.44. The molecule has 1 fully saturated rings. The Morgan fingerprint density at radius 1 is 1.13 bits per heavy atom. The third-order valence-electron chi connectivity index (χ3n) is 3.79. The van der Waals surface area contributed by atoms with Crippen molar-refractivity contribution in [2.24, 2.45) is 0 Å². The Hall–Kier alpha value is -1.18. The Morgan fingerprint density at radius 2 is 2.00 bits per heavy atom. The molecule has 80 valence electrons. The third-order valence-corrected chi connectivity index (χ3v) is 3.79. The van der Waals surface area contributed by atoms with Crippen LogP contribution in [0.25, 0.3) is 0 Å². The van der Waals surface area contributed by atoms with Gasteiger partial charge in [0.2, 0.25) is 0 Å². The Morgan fingerprint density at radius 3 is 2.93 bits per heavy atom. The van der Waals surface area contributed by atoms with Crippen molar-refractivity contribution < 1.29 is 5.11 Å². The summed E-state index contributed by atoms with van der Waals surface area (Å²) in [6.45, 7) is 0. The molecule has 1 saturated carbocycles. The molecule has 1 heterocycles. The highest BCUT2D eigenvalue weighted by atomic mass is 16.3. The minimum atomic E-state index is 0.403. The van der Waals surface area contributed by atoms with Gasteiger partial charge in [0.05, 0.1) is 0 Å². The summed E-state index contributed by atoms with van der Waals surface area (Å²) >= 11 is 0. The zero-order valence-electron chi connectivity index (χ0n) is 8.87. The fourth-order valence-electron chi connectivity index (χ4n) is 3.04. The summed E-state index contributed by atoms with van der Waals surface area (Å²) in [6, 6.07) is 6.35. The van der Waals surface area contributed by atoms with Gasteiger partial charge >= 0.3 is 0 Å². The van der Waals surface area contributed by atoms with E-state index < -0.39 is 0 Å². The van der Waals surface area contributed by atoms with Crippen LogP contribution in [0.1, 0.15) is 43.6 Å². The molecule has 0 aromatic heterocycles. The lowest BCUT2D eigenvalue weighted by atomic mass is 9.91. The highest BCUT2D eigenvalue weighted by molar-refractivity contribution is 5.61. The molecule has 2 N–H and O–H groups in total. The van der Waals surface area contributed by atoms with Crippen molar-refractivity contribution in [1.82, 2.24) is 0 Å². The number of aromatic hydroxyl groups is 1. The Bertz CT molecular complexity index is 375. The number of anilines is 1. The van der Waals surface area contributed by atoms with Crippen LogP contribution in [0, 0.1) is 0 Å². The van der Waals surface area contributed by atoms with Gasteiger partial charge in [-0.15, -0.1) is 0 Å². The first-order chi connectivity index (χ1) is 7.34. The summed E-state index contributed by atoms with van der Waals surface area (Å²) in [5.41, 5.74) is 2.58. The standard InChI is InChI=1S/C13H17NO/c15-9-6-7-13-11(8-9)10-4-2-1-3-5-12(10)14-13/h6-8,10,12,14-15H,1-5H2. The molecular weight excluding hydrogens is 186 g/mol. The second-order valence-electron chi connectivity index (χ2n) is 4.77. The fraction of sp³-hybridized carbons (Fsp3) is 0.538. The highest BCUT2D eigenvalue weighted by Gasteiger charge is 2.32. The van der Waals surface area contributed by atoms with Gasteiger partial charge in [-0.05, 0) is 36.6 Å². The first kappa shape index (κ1) is 9.08. The van der Waals surface area contributed by atoms with Crippen LogP contribution < -0.4 is 5.32 Å². The van der Waals surface area contributed by atoms with Crippen molar-refractivity contribution in [3.05, 3.63) is 23.8 Å². The minimum absolute atomic E-state index is 0.403. The summed E-state index contributed by atoms with van der Waals surface area (Å²) in [7, 11) is 0. The smallest absolute Gasteiger partial charge is 0.116 e. The molecule has 3 rings (SSSR count). The Kier molecular flexibility index (Phi) is 2.08. The van der Waals surface area contributed by atoms with E-state index in [0.717, 1.165) is 0 Å². The number of hydrogen-bond acceptors (Lipinski definition) is 2. The van der Waals surface area contributed by atoms with Gasteiger partial charge in [0.15, 0.2) is 0 Å². The molecular formula is C13H17NO. The topological polar surface area (TPSA) is 32.3 Å². The number of fused-ring (bicyclic) bond motifs is 3. The van der Waals surface area contributed by atoms with Crippen LogP contribution in [0.3, 0.4) is 0 Å². The molecule has 1 aromatic rings. The molecule has 1 aromatic carbocycles. The normalized spacial score (nSPS) is 28.8. The predicted molar refractivity (Wildman–Crippen MR) is 61.3 cm³/mol. The van der Waals surface area contributed by atoms with Crippen molar-refractivity contribution in [1.29, 1.82) is 0 Å². The molecule has 1 aliphatic carbocycles. The molecule has 0 radical (unpaired) electrons. The van der Waals surface area contributed by atoms with Crippen LogP contribution >= 0.6 is 0 Å². The second-order valence-corrected chi connectivity index (χ2v) is 4.77. The van der Waals surface area contributed by atoms with E-state index in [1.807, 2.05) is 12.1 Å². The summed E-state index contributed by atoms with van der Waals surface area (Å²) in [5, 5.41) is 13.1. The molecule has 2 nitrogen and oxygen atoms in total. The van der Waals surface area contributed by atoms with Crippen molar-refractivity contribution >= 4 is 5.69 Å². The van der Waals surface area contributed by atoms with E-state index in [1.165, 1.54) is 43.4 Å². The number of hydrogen-bond donors (Lipinski definition) is 2. The van der Waals surface area contributed by atoms with Gasteiger partial charge in [0.1, 0.15) is 5.75 Å². The first-order valence-electron chi connectivity index (χ1n) is 5.94. The molecule has 2 unspecified atom stereocenters. The van der Waals surface area contributed by atoms with Gasteiger partial charge in [-0.25, -0.2) is 0 Å². The van der Waals surface area contributed by atoms with E-state index in [1.54, 1.807) is 6.07 Å². The molecule has 0 amide bonds. The van der Waals surface area contributed by atoms with Crippen LogP contribution in [0.5, 0.6) is 5.75 Å². The first-order valence-corrected chi connectivity index (χ1v) is 5.94. The maximum atomic E-state index is 9.53. The zero-order chi connectivity index (χ0) is 10.3. The van der Waals surface area contributed by atoms with E-state index in [0.29, 0.717) is 17.7 Å². The van der Waals surface area contributed by atoms with Crippen LogP contribution in [0.2, 0.25) is 0 Å². The minimum Gasteiger partial charge on any atom is -0.508 e. The Labute approximate surface area is 90.3 Å². The number of benzene rings is 1. The van der Waals surface area contributed by atoms with E-state index in [2.05, 4.69) is 5.32 Å². The number of rotatable bonds is 0. The zero-order valence-corrected chi connectivity index (χ0v) is 8.87. The second kappa shape index (κ2) is 3.44. The fourth-order valence-corrected chi connectivity index (χ4v) is 3.04. The van der Waals surface area contributed by atoms with E-state index in [-0.39, 0.29) is 0 Å². The van der Waals surface area contributed by atoms with E-state index in [4.69, 9.17) is 0 Å². The van der Waals surface area contributed by atoms with Crippen LogP contribution in [0.4, 0.5) is 5.69 Å². The summed E-state index contributed by atoms with van der Waals surface area (Å²) in [6.07, 6.45) is 6.59. The molecule has 0 bridgehead atoms. The average molecular weight is 203 g/mol. The lowest BCUT2D eigenvalue weighted by Crippen LogP contribution is -2.18. The van der Waals surface area contributed by atoms with Gasteiger partial charge in [0, 0.05) is 17.6 Å². The van der Waals surface area contributed by atoms with Gasteiger partial charge < -0.3 is 10.4 Å². The maximum Gasteiger partial charge on any atom is 0.116 e. The summed E-state index contributed by atoms with van der Waals surface area (Å²) in [4.78, 5) is 0. The molecule has 1 aliphatic heterocycles. The van der Waals surface area contributed by atoms with Crippen LogP contribution in [-0.4, -0.2) is 11.1 Å². The van der Waals surface area contributed by atoms with Crippen LogP contribution in [0.15, 0.2) is 18.2 Å². The molecule has 15 heavy (non-hydrogen) atoms. The largest absolute Gasteiger partial charge is 0.508 e. The summed E-state index contributed by atoms with van der Waals surface area (Å²) in [5.74, 6) is 1.04. The van der Waals surface area contributed by atoms with E-state index in [9.17, 15) is 5.11 Å². The molecule has 2 heteroatoms. The third kappa shape index (κ3) is 1.48. The summed E-state index contributed by atoms with van der Waals surface area (Å²) < 4.78 is 0. The monoisotopic (exact) mass is 203 g/mol. The van der Waals surface area contributed by atoms with E-state index >= 15 is 0 Å². The maximum absolute atomic E-state index is 9.53. The lowest BCUT2D eigenvalue weighted by Gasteiger charge is -2.16. The quantitative estimate of drug-likeness (QED) is 0.634. The molecule has 2 atom stereocenters.